The normalized spacial score (nSPS) is 31.7. The van der Waals surface area contributed by atoms with Gasteiger partial charge in [0.15, 0.2) is 0 Å². The number of fused-ring (bicyclic) bond motifs is 1. The van der Waals surface area contributed by atoms with Crippen molar-refractivity contribution in [3.63, 3.8) is 0 Å². The van der Waals surface area contributed by atoms with Gasteiger partial charge in [0, 0.05) is 32.2 Å². The van der Waals surface area contributed by atoms with E-state index < -0.39 is 10.2 Å². The first-order valence-electron chi connectivity index (χ1n) is 8.01. The number of nitrogens with two attached hydrogens (primary N) is 1. The van der Waals surface area contributed by atoms with Crippen molar-refractivity contribution >= 4 is 10.2 Å². The average Bonchev–Trinajstić information content (AvgIpc) is 2.85. The van der Waals surface area contributed by atoms with E-state index in [0.717, 1.165) is 32.1 Å². The van der Waals surface area contributed by atoms with E-state index >= 15 is 0 Å². The van der Waals surface area contributed by atoms with Crippen LogP contribution >= 0.6 is 0 Å². The quantitative estimate of drug-likeness (QED) is 0.807. The lowest BCUT2D eigenvalue weighted by Gasteiger charge is -2.29. The lowest BCUT2D eigenvalue weighted by atomic mass is 9.78. The first kappa shape index (κ1) is 16.2. The van der Waals surface area contributed by atoms with Crippen molar-refractivity contribution in [2.24, 2.45) is 17.6 Å². The fourth-order valence-electron chi connectivity index (χ4n) is 3.67. The Balaban J connectivity index is 2.10. The van der Waals surface area contributed by atoms with Crippen molar-refractivity contribution in [2.45, 2.75) is 52.0 Å². The first-order valence-corrected chi connectivity index (χ1v) is 9.41. The zero-order chi connectivity index (χ0) is 14.8. The lowest BCUT2D eigenvalue weighted by Crippen LogP contribution is -2.44. The molecule has 6 heteroatoms. The topological polar surface area (TPSA) is 66.6 Å². The third-order valence-corrected chi connectivity index (χ3v) is 6.69. The van der Waals surface area contributed by atoms with Crippen molar-refractivity contribution in [1.29, 1.82) is 0 Å². The lowest BCUT2D eigenvalue weighted by molar-refractivity contribution is 0.260. The van der Waals surface area contributed by atoms with Gasteiger partial charge in [-0.15, -0.1) is 0 Å². The zero-order valence-electron chi connectivity index (χ0n) is 12.8. The van der Waals surface area contributed by atoms with Crippen molar-refractivity contribution < 1.29 is 8.42 Å². The fourth-order valence-corrected chi connectivity index (χ4v) is 5.56. The summed E-state index contributed by atoms with van der Waals surface area (Å²) in [6.45, 7) is 6.58. The molecule has 0 aromatic rings. The molecule has 2 N–H and O–H groups in total. The second-order valence-electron chi connectivity index (χ2n) is 6.24. The van der Waals surface area contributed by atoms with Crippen LogP contribution in [0, 0.1) is 11.8 Å². The molecule has 0 radical (unpaired) electrons. The molecule has 5 nitrogen and oxygen atoms in total. The van der Waals surface area contributed by atoms with Crippen LogP contribution < -0.4 is 5.73 Å². The van der Waals surface area contributed by atoms with E-state index in [1.165, 1.54) is 0 Å². The highest BCUT2D eigenvalue weighted by Crippen LogP contribution is 2.37. The van der Waals surface area contributed by atoms with Crippen LogP contribution in [-0.2, 0) is 10.2 Å². The molecule has 2 aliphatic rings. The van der Waals surface area contributed by atoms with E-state index in [0.29, 0.717) is 38.0 Å². The molecule has 2 fully saturated rings. The summed E-state index contributed by atoms with van der Waals surface area (Å²) < 4.78 is 28.9. The molecule has 0 aromatic carbocycles. The minimum atomic E-state index is -3.30. The van der Waals surface area contributed by atoms with E-state index in [-0.39, 0.29) is 6.04 Å². The van der Waals surface area contributed by atoms with Gasteiger partial charge in [-0.1, -0.05) is 20.3 Å². The Bertz CT molecular complexity index is 407. The van der Waals surface area contributed by atoms with Gasteiger partial charge < -0.3 is 5.73 Å². The van der Waals surface area contributed by atoms with Crippen LogP contribution in [0.4, 0.5) is 0 Å². The van der Waals surface area contributed by atoms with E-state index in [4.69, 9.17) is 5.73 Å². The first-order chi connectivity index (χ1) is 9.50. The van der Waals surface area contributed by atoms with Gasteiger partial charge in [-0.3, -0.25) is 0 Å². The van der Waals surface area contributed by atoms with Crippen LogP contribution in [0.3, 0.4) is 0 Å². The minimum Gasteiger partial charge on any atom is -0.327 e. The highest BCUT2D eigenvalue weighted by molar-refractivity contribution is 7.86. The van der Waals surface area contributed by atoms with Gasteiger partial charge in [0.25, 0.3) is 10.2 Å². The highest BCUT2D eigenvalue weighted by atomic mass is 32.2. The monoisotopic (exact) mass is 303 g/mol. The molecule has 1 saturated carbocycles. The SMILES string of the molecule is CCCN(CCC)S(=O)(=O)N1CC2CCCC(N)C2C1. The van der Waals surface area contributed by atoms with E-state index in [9.17, 15) is 8.42 Å². The molecule has 0 amide bonds. The summed E-state index contributed by atoms with van der Waals surface area (Å²) in [5.41, 5.74) is 6.18. The number of nitrogens with zero attached hydrogens (tertiary/aromatic N) is 2. The summed E-state index contributed by atoms with van der Waals surface area (Å²) in [4.78, 5) is 0. The van der Waals surface area contributed by atoms with Gasteiger partial charge >= 0.3 is 0 Å². The van der Waals surface area contributed by atoms with Crippen LogP contribution in [0.15, 0.2) is 0 Å². The smallest absolute Gasteiger partial charge is 0.281 e. The van der Waals surface area contributed by atoms with Gasteiger partial charge in [-0.25, -0.2) is 0 Å². The number of rotatable bonds is 6. The molecule has 0 spiro atoms. The van der Waals surface area contributed by atoms with Gasteiger partial charge in [0.05, 0.1) is 0 Å². The summed E-state index contributed by atoms with van der Waals surface area (Å²) in [5, 5.41) is 0. The molecule has 1 aliphatic heterocycles. The van der Waals surface area contributed by atoms with E-state index in [1.54, 1.807) is 8.61 Å². The maximum atomic E-state index is 12.8. The van der Waals surface area contributed by atoms with Gasteiger partial charge in [-0.05, 0) is 37.5 Å². The Labute approximate surface area is 123 Å². The third-order valence-electron chi connectivity index (χ3n) is 4.72. The summed E-state index contributed by atoms with van der Waals surface area (Å²) in [6.07, 6.45) is 5.04. The molecule has 1 heterocycles. The third kappa shape index (κ3) is 3.18. The molecular formula is C14H29N3O2S. The van der Waals surface area contributed by atoms with Crippen LogP contribution in [-0.4, -0.2) is 49.2 Å². The van der Waals surface area contributed by atoms with Crippen molar-refractivity contribution in [1.82, 2.24) is 8.61 Å². The predicted molar refractivity (Wildman–Crippen MR) is 81.5 cm³/mol. The molecule has 0 bridgehead atoms. The zero-order valence-corrected chi connectivity index (χ0v) is 13.6. The van der Waals surface area contributed by atoms with E-state index in [1.807, 2.05) is 13.8 Å². The second kappa shape index (κ2) is 6.73. The second-order valence-corrected chi connectivity index (χ2v) is 8.17. The largest absolute Gasteiger partial charge is 0.327 e. The Kier molecular flexibility index (Phi) is 5.45. The Hall–Kier alpha value is -0.170. The van der Waals surface area contributed by atoms with Gasteiger partial charge in [-0.2, -0.15) is 17.0 Å². The van der Waals surface area contributed by atoms with Gasteiger partial charge in [0.1, 0.15) is 0 Å². The minimum absolute atomic E-state index is 0.180. The molecule has 2 rings (SSSR count). The molecule has 3 atom stereocenters. The van der Waals surface area contributed by atoms with Crippen LogP contribution in [0.1, 0.15) is 46.0 Å². The molecule has 0 aromatic heterocycles. The molecule has 3 unspecified atom stereocenters. The van der Waals surface area contributed by atoms with Crippen LogP contribution in [0.2, 0.25) is 0 Å². The summed E-state index contributed by atoms with van der Waals surface area (Å²) >= 11 is 0. The van der Waals surface area contributed by atoms with Crippen LogP contribution in [0.25, 0.3) is 0 Å². The van der Waals surface area contributed by atoms with Crippen LogP contribution in [0.5, 0.6) is 0 Å². The standard InChI is InChI=1S/C14H29N3O2S/c1-3-8-16(9-4-2)20(18,19)17-10-12-6-5-7-14(15)13(12)11-17/h12-14H,3-11,15H2,1-2H3. The highest BCUT2D eigenvalue weighted by Gasteiger charge is 2.44. The van der Waals surface area contributed by atoms with Gasteiger partial charge in [0.2, 0.25) is 0 Å². The summed E-state index contributed by atoms with van der Waals surface area (Å²) in [6, 6.07) is 0.180. The Morgan fingerprint density at radius 2 is 1.80 bits per heavy atom. The maximum absolute atomic E-state index is 12.8. The van der Waals surface area contributed by atoms with Crippen molar-refractivity contribution in [2.75, 3.05) is 26.2 Å². The molecule has 118 valence electrons. The summed E-state index contributed by atoms with van der Waals surface area (Å²) in [5.74, 6) is 0.835. The predicted octanol–water partition coefficient (Wildman–Crippen LogP) is 1.41. The molecule has 1 saturated heterocycles. The molecule has 20 heavy (non-hydrogen) atoms. The van der Waals surface area contributed by atoms with Crippen molar-refractivity contribution in [3.05, 3.63) is 0 Å². The number of hydrogen-bond acceptors (Lipinski definition) is 3. The Morgan fingerprint density at radius 1 is 1.15 bits per heavy atom. The maximum Gasteiger partial charge on any atom is 0.281 e. The Morgan fingerprint density at radius 3 is 2.35 bits per heavy atom. The number of hydrogen-bond donors (Lipinski definition) is 1. The molecular weight excluding hydrogens is 274 g/mol. The fraction of sp³-hybridized carbons (Fsp3) is 1.00. The van der Waals surface area contributed by atoms with Crippen molar-refractivity contribution in [3.8, 4) is 0 Å². The average molecular weight is 303 g/mol. The van der Waals surface area contributed by atoms with E-state index in [2.05, 4.69) is 0 Å². The summed E-state index contributed by atoms with van der Waals surface area (Å²) in [7, 11) is -3.30. The molecule has 1 aliphatic carbocycles.